The van der Waals surface area contributed by atoms with Gasteiger partial charge in [0.05, 0.1) is 11.2 Å². The van der Waals surface area contributed by atoms with Crippen molar-refractivity contribution in [2.45, 2.75) is 45.5 Å². The van der Waals surface area contributed by atoms with Crippen molar-refractivity contribution in [2.75, 3.05) is 13.6 Å². The van der Waals surface area contributed by atoms with Gasteiger partial charge in [-0.1, -0.05) is 48.5 Å². The fraction of sp³-hybridized carbons (Fsp3) is 0.360. The molecule has 1 saturated heterocycles. The number of hydrogen-bond acceptors (Lipinski definition) is 5. The molecule has 7 nitrogen and oxygen atoms in total. The predicted molar refractivity (Wildman–Crippen MR) is 129 cm³/mol. The third kappa shape index (κ3) is 6.24. The summed E-state index contributed by atoms with van der Waals surface area (Å²) in [7, 11) is 0.956. The highest BCUT2D eigenvalue weighted by Gasteiger charge is 2.52. The molecule has 1 fully saturated rings. The van der Waals surface area contributed by atoms with E-state index < -0.39 is 24.4 Å². The number of ether oxygens (including phenoxy) is 1. The predicted octanol–water partition coefficient (Wildman–Crippen LogP) is 3.99. The number of amides is 2. The SMILES string of the molecule is CNC(=O)c1ccc(C=C(CNC(=O)OCc2ccccc2)B2OC(C)(C)C(C)(C)O2)cc1. The van der Waals surface area contributed by atoms with Crippen molar-refractivity contribution in [3.8, 4) is 0 Å². The van der Waals surface area contributed by atoms with Gasteiger partial charge in [0.25, 0.3) is 5.91 Å². The molecule has 33 heavy (non-hydrogen) atoms. The second kappa shape index (κ2) is 10.2. The highest BCUT2D eigenvalue weighted by Crippen LogP contribution is 2.38. The van der Waals surface area contributed by atoms with Crippen molar-refractivity contribution in [1.82, 2.24) is 10.6 Å². The lowest BCUT2D eigenvalue weighted by Crippen LogP contribution is -2.41. The highest BCUT2D eigenvalue weighted by molar-refractivity contribution is 6.56. The molecule has 0 atom stereocenters. The molecule has 0 radical (unpaired) electrons. The fourth-order valence-corrected chi connectivity index (χ4v) is 3.23. The van der Waals surface area contributed by atoms with E-state index in [2.05, 4.69) is 10.6 Å². The molecule has 3 rings (SSSR count). The molecule has 2 aromatic rings. The topological polar surface area (TPSA) is 85.9 Å². The van der Waals surface area contributed by atoms with Gasteiger partial charge in [-0.3, -0.25) is 4.79 Å². The van der Waals surface area contributed by atoms with E-state index in [1.807, 2.05) is 76.2 Å². The summed E-state index contributed by atoms with van der Waals surface area (Å²) in [5, 5.41) is 5.40. The number of benzene rings is 2. The zero-order chi connectivity index (χ0) is 24.1. The molecule has 0 spiro atoms. The maximum absolute atomic E-state index is 12.3. The van der Waals surface area contributed by atoms with Crippen molar-refractivity contribution >= 4 is 25.2 Å². The maximum Gasteiger partial charge on any atom is 0.492 e. The molecule has 1 heterocycles. The minimum Gasteiger partial charge on any atom is -0.445 e. The normalized spacial score (nSPS) is 16.9. The summed E-state index contributed by atoms with van der Waals surface area (Å²) in [6.07, 6.45) is 1.36. The molecule has 1 aliphatic rings. The lowest BCUT2D eigenvalue weighted by Gasteiger charge is -2.32. The molecule has 0 aliphatic carbocycles. The Hall–Kier alpha value is -3.10. The molecule has 2 N–H and O–H groups in total. The summed E-state index contributed by atoms with van der Waals surface area (Å²) in [4.78, 5) is 24.1. The van der Waals surface area contributed by atoms with Crippen molar-refractivity contribution < 1.29 is 23.6 Å². The van der Waals surface area contributed by atoms with Gasteiger partial charge in [-0.15, -0.1) is 0 Å². The summed E-state index contributed by atoms with van der Waals surface area (Å²) < 4.78 is 17.7. The lowest BCUT2D eigenvalue weighted by molar-refractivity contribution is 0.00578. The van der Waals surface area contributed by atoms with Crippen molar-refractivity contribution in [1.29, 1.82) is 0 Å². The Kier molecular flexibility index (Phi) is 7.61. The lowest BCUT2D eigenvalue weighted by atomic mass is 9.77. The molecule has 0 bridgehead atoms. The number of carbonyl (C=O) groups excluding carboxylic acids is 2. The first-order valence-electron chi connectivity index (χ1n) is 10.9. The van der Waals surface area contributed by atoms with Crippen LogP contribution in [0.4, 0.5) is 4.79 Å². The number of rotatable bonds is 7. The molecule has 8 heteroatoms. The van der Waals surface area contributed by atoms with Gasteiger partial charge in [0.2, 0.25) is 0 Å². The average molecular weight is 450 g/mol. The minimum absolute atomic E-state index is 0.153. The van der Waals surface area contributed by atoms with Crippen molar-refractivity contribution in [3.05, 3.63) is 76.8 Å². The van der Waals surface area contributed by atoms with E-state index in [0.717, 1.165) is 16.6 Å². The molecule has 174 valence electrons. The third-order valence-electron chi connectivity index (χ3n) is 5.96. The molecule has 0 saturated carbocycles. The van der Waals surface area contributed by atoms with Crippen LogP contribution in [0.2, 0.25) is 0 Å². The van der Waals surface area contributed by atoms with Gasteiger partial charge in [-0.2, -0.15) is 0 Å². The van der Waals surface area contributed by atoms with Crippen LogP contribution in [0.25, 0.3) is 6.08 Å². The summed E-state index contributed by atoms with van der Waals surface area (Å²) >= 11 is 0. The van der Waals surface area contributed by atoms with Crippen molar-refractivity contribution in [3.63, 3.8) is 0 Å². The quantitative estimate of drug-likeness (QED) is 0.624. The second-order valence-electron chi connectivity index (χ2n) is 8.92. The maximum atomic E-state index is 12.3. The van der Waals surface area contributed by atoms with Gasteiger partial charge in [0, 0.05) is 19.2 Å². The van der Waals surface area contributed by atoms with Crippen LogP contribution in [0.1, 0.15) is 49.2 Å². The monoisotopic (exact) mass is 450 g/mol. The Balaban J connectivity index is 1.73. The van der Waals surface area contributed by atoms with Crippen LogP contribution in [-0.2, 0) is 20.7 Å². The zero-order valence-electron chi connectivity index (χ0n) is 19.8. The fourth-order valence-electron chi connectivity index (χ4n) is 3.23. The largest absolute Gasteiger partial charge is 0.492 e. The molecule has 1 aliphatic heterocycles. The van der Waals surface area contributed by atoms with Crippen molar-refractivity contribution in [2.24, 2.45) is 0 Å². The Morgan fingerprint density at radius 1 is 0.970 bits per heavy atom. The van der Waals surface area contributed by atoms with E-state index in [1.54, 1.807) is 19.2 Å². The summed E-state index contributed by atoms with van der Waals surface area (Å²) in [5.74, 6) is -0.153. The Morgan fingerprint density at radius 2 is 1.58 bits per heavy atom. The summed E-state index contributed by atoms with van der Waals surface area (Å²) in [5.41, 5.74) is 2.02. The molecular weight excluding hydrogens is 419 g/mol. The third-order valence-corrected chi connectivity index (χ3v) is 5.96. The molecule has 0 unspecified atom stereocenters. The molecular formula is C25H31BN2O5. The summed E-state index contributed by atoms with van der Waals surface area (Å²) in [6.45, 7) is 8.27. The second-order valence-corrected chi connectivity index (χ2v) is 8.92. The number of carbonyl (C=O) groups is 2. The highest BCUT2D eigenvalue weighted by atomic mass is 16.7. The van der Waals surface area contributed by atoms with Gasteiger partial charge in [-0.25, -0.2) is 4.79 Å². The minimum atomic E-state index is -0.636. The first kappa shape index (κ1) is 24.5. The van der Waals surface area contributed by atoms with E-state index in [-0.39, 0.29) is 19.1 Å². The first-order valence-corrected chi connectivity index (χ1v) is 10.9. The van der Waals surface area contributed by atoms with Crippen LogP contribution in [0, 0.1) is 0 Å². The van der Waals surface area contributed by atoms with Gasteiger partial charge in [-0.05, 0) is 56.4 Å². The van der Waals surface area contributed by atoms with E-state index in [0.29, 0.717) is 5.56 Å². The van der Waals surface area contributed by atoms with Crippen LogP contribution in [0.5, 0.6) is 0 Å². The van der Waals surface area contributed by atoms with E-state index in [1.165, 1.54) is 0 Å². The Labute approximate surface area is 195 Å². The average Bonchev–Trinajstić information content (AvgIpc) is 3.02. The van der Waals surface area contributed by atoms with E-state index >= 15 is 0 Å². The Morgan fingerprint density at radius 3 is 2.15 bits per heavy atom. The summed E-state index contributed by atoms with van der Waals surface area (Å²) in [6, 6.07) is 16.6. The van der Waals surface area contributed by atoms with Gasteiger partial charge in [0.1, 0.15) is 6.61 Å². The van der Waals surface area contributed by atoms with Gasteiger partial charge in [0.15, 0.2) is 0 Å². The molecule has 0 aromatic heterocycles. The number of nitrogens with one attached hydrogen (secondary N) is 2. The van der Waals surface area contributed by atoms with Crippen LogP contribution in [-0.4, -0.2) is 43.9 Å². The molecule has 2 amide bonds. The van der Waals surface area contributed by atoms with Crippen LogP contribution >= 0.6 is 0 Å². The smallest absolute Gasteiger partial charge is 0.445 e. The number of hydrogen-bond donors (Lipinski definition) is 2. The molecule has 2 aromatic carbocycles. The van der Waals surface area contributed by atoms with Crippen LogP contribution in [0.3, 0.4) is 0 Å². The number of alkyl carbamates (subject to hydrolysis) is 1. The van der Waals surface area contributed by atoms with E-state index in [4.69, 9.17) is 14.0 Å². The van der Waals surface area contributed by atoms with Crippen LogP contribution in [0.15, 0.2) is 60.1 Å². The zero-order valence-corrected chi connectivity index (χ0v) is 19.8. The van der Waals surface area contributed by atoms with Crippen LogP contribution < -0.4 is 10.6 Å². The van der Waals surface area contributed by atoms with Gasteiger partial charge < -0.3 is 24.7 Å². The first-order chi connectivity index (χ1) is 15.6. The van der Waals surface area contributed by atoms with E-state index in [9.17, 15) is 9.59 Å². The standard InChI is InChI=1S/C25H31BN2O5/c1-24(2)25(3,4)33-26(32-24)21(15-18-11-13-20(14-12-18)22(29)27-5)16-28-23(30)31-17-19-9-7-6-8-10-19/h6-15H,16-17H2,1-5H3,(H,27,29)(H,28,30). The Bertz CT molecular complexity index is 987. The van der Waals surface area contributed by atoms with Gasteiger partial charge >= 0.3 is 13.2 Å².